The van der Waals surface area contributed by atoms with E-state index in [1.54, 1.807) is 0 Å². The van der Waals surface area contributed by atoms with E-state index in [1.165, 1.54) is 16.9 Å². The highest BCUT2D eigenvalue weighted by Gasteiger charge is 2.24. The van der Waals surface area contributed by atoms with Gasteiger partial charge in [-0.1, -0.05) is 39.0 Å². The zero-order chi connectivity index (χ0) is 18.7. The molecule has 138 valence electrons. The maximum absolute atomic E-state index is 12.7. The van der Waals surface area contributed by atoms with E-state index in [-0.39, 0.29) is 17.1 Å². The lowest BCUT2D eigenvalue weighted by molar-refractivity contribution is 0.0625. The fourth-order valence-corrected chi connectivity index (χ4v) is 3.78. The van der Waals surface area contributed by atoms with Gasteiger partial charge >= 0.3 is 0 Å². The molecule has 1 aliphatic rings. The summed E-state index contributed by atoms with van der Waals surface area (Å²) in [6, 6.07) is 11.7. The predicted octanol–water partition coefficient (Wildman–Crippen LogP) is 3.69. The second kappa shape index (κ2) is 7.72. The predicted molar refractivity (Wildman–Crippen MR) is 106 cm³/mol. The van der Waals surface area contributed by atoms with Crippen molar-refractivity contribution in [2.45, 2.75) is 26.2 Å². The van der Waals surface area contributed by atoms with E-state index in [4.69, 9.17) is 0 Å². The molecule has 1 aromatic carbocycles. The molecule has 2 heterocycles. The van der Waals surface area contributed by atoms with E-state index in [9.17, 15) is 9.59 Å². The summed E-state index contributed by atoms with van der Waals surface area (Å²) in [6.45, 7) is 9.74. The molecule has 0 saturated carbocycles. The van der Waals surface area contributed by atoms with Crippen LogP contribution in [0.2, 0.25) is 0 Å². The third kappa shape index (κ3) is 4.40. The van der Waals surface area contributed by atoms with Crippen LogP contribution in [0.4, 0.5) is 0 Å². The number of rotatable bonds is 4. The van der Waals surface area contributed by atoms with Gasteiger partial charge in [0, 0.05) is 31.7 Å². The number of Topliss-reactive ketones (excluding diaryl/α,β-unsaturated/α-hetero) is 1. The van der Waals surface area contributed by atoms with E-state index < -0.39 is 0 Å². The van der Waals surface area contributed by atoms with Crippen molar-refractivity contribution >= 4 is 23.0 Å². The molecule has 2 aromatic rings. The van der Waals surface area contributed by atoms with Gasteiger partial charge in [-0.3, -0.25) is 14.5 Å². The van der Waals surface area contributed by atoms with Crippen LogP contribution in [0.5, 0.6) is 0 Å². The quantitative estimate of drug-likeness (QED) is 0.771. The minimum Gasteiger partial charge on any atom is -0.336 e. The van der Waals surface area contributed by atoms with E-state index in [2.05, 4.69) is 25.7 Å². The number of piperazine rings is 1. The normalized spacial score (nSPS) is 15.9. The Kier molecular flexibility index (Phi) is 5.58. The lowest BCUT2D eigenvalue weighted by atomic mass is 9.86. The minimum absolute atomic E-state index is 0.0784. The van der Waals surface area contributed by atoms with Crippen LogP contribution < -0.4 is 0 Å². The topological polar surface area (TPSA) is 40.6 Å². The van der Waals surface area contributed by atoms with Gasteiger partial charge in [0.05, 0.1) is 11.4 Å². The van der Waals surface area contributed by atoms with Gasteiger partial charge in [-0.15, -0.1) is 11.3 Å². The maximum Gasteiger partial charge on any atom is 0.253 e. The number of amides is 1. The van der Waals surface area contributed by atoms with Gasteiger partial charge in [-0.25, -0.2) is 0 Å². The van der Waals surface area contributed by atoms with Crippen LogP contribution in [-0.2, 0) is 5.41 Å². The van der Waals surface area contributed by atoms with E-state index in [1.807, 2.05) is 46.7 Å². The van der Waals surface area contributed by atoms with Crippen LogP contribution in [0.3, 0.4) is 0 Å². The summed E-state index contributed by atoms with van der Waals surface area (Å²) in [6.07, 6.45) is 0. The van der Waals surface area contributed by atoms with Gasteiger partial charge in [-0.05, 0) is 34.6 Å². The second-order valence-corrected chi connectivity index (χ2v) is 8.74. The molecule has 0 N–H and O–H groups in total. The van der Waals surface area contributed by atoms with Crippen molar-refractivity contribution in [3.63, 3.8) is 0 Å². The molecule has 0 radical (unpaired) electrons. The summed E-state index contributed by atoms with van der Waals surface area (Å²) in [4.78, 5) is 29.8. The highest BCUT2D eigenvalue weighted by atomic mass is 32.1. The Balaban J connectivity index is 1.54. The zero-order valence-corrected chi connectivity index (χ0v) is 16.5. The van der Waals surface area contributed by atoms with Crippen molar-refractivity contribution in [3.05, 3.63) is 57.8 Å². The average molecular weight is 371 g/mol. The summed E-state index contributed by atoms with van der Waals surface area (Å²) in [5.74, 6) is 0.243. The molecular formula is C21H26N2O2S. The van der Waals surface area contributed by atoms with E-state index in [0.29, 0.717) is 19.6 Å². The van der Waals surface area contributed by atoms with Crippen molar-refractivity contribution in [3.8, 4) is 0 Å². The molecule has 1 aliphatic heterocycles. The van der Waals surface area contributed by atoms with Crippen LogP contribution in [0.15, 0.2) is 41.8 Å². The number of hydrogen-bond acceptors (Lipinski definition) is 4. The molecular weight excluding hydrogens is 344 g/mol. The SMILES string of the molecule is CC(C)(C)c1ccc(C(=O)N2CCN(CC(=O)c3cccs3)CC2)cc1. The van der Waals surface area contributed by atoms with Crippen LogP contribution in [0, 0.1) is 0 Å². The molecule has 1 amide bonds. The number of benzene rings is 1. The molecule has 0 unspecified atom stereocenters. The first-order valence-electron chi connectivity index (χ1n) is 9.03. The molecule has 0 atom stereocenters. The van der Waals surface area contributed by atoms with Crippen LogP contribution in [0.1, 0.15) is 46.4 Å². The van der Waals surface area contributed by atoms with Gasteiger partial charge < -0.3 is 4.90 Å². The third-order valence-corrected chi connectivity index (χ3v) is 5.73. The van der Waals surface area contributed by atoms with E-state index in [0.717, 1.165) is 23.5 Å². The number of ketones is 1. The Morgan fingerprint density at radius 3 is 2.19 bits per heavy atom. The van der Waals surface area contributed by atoms with Crippen LogP contribution in [-0.4, -0.2) is 54.2 Å². The number of nitrogens with zero attached hydrogens (tertiary/aromatic N) is 2. The standard InChI is InChI=1S/C21H26N2O2S/c1-21(2,3)17-8-6-16(7-9-17)20(25)23-12-10-22(11-13-23)15-18(24)19-5-4-14-26-19/h4-9,14H,10-13,15H2,1-3H3. The first kappa shape index (κ1) is 18.8. The highest BCUT2D eigenvalue weighted by Crippen LogP contribution is 2.22. The Bertz CT molecular complexity index is 752. The number of hydrogen-bond donors (Lipinski definition) is 0. The van der Waals surface area contributed by atoms with Crippen molar-refractivity contribution in [1.82, 2.24) is 9.80 Å². The summed E-state index contributed by atoms with van der Waals surface area (Å²) >= 11 is 1.48. The summed E-state index contributed by atoms with van der Waals surface area (Å²) in [5.41, 5.74) is 2.05. The summed E-state index contributed by atoms with van der Waals surface area (Å²) in [5, 5.41) is 1.93. The van der Waals surface area contributed by atoms with E-state index >= 15 is 0 Å². The number of carbonyl (C=O) groups excluding carboxylic acids is 2. The molecule has 1 saturated heterocycles. The molecule has 1 aromatic heterocycles. The molecule has 3 rings (SSSR count). The first-order valence-corrected chi connectivity index (χ1v) is 9.91. The molecule has 0 aliphatic carbocycles. The Morgan fingerprint density at radius 1 is 1.00 bits per heavy atom. The average Bonchev–Trinajstić information content (AvgIpc) is 3.16. The largest absolute Gasteiger partial charge is 0.336 e. The lowest BCUT2D eigenvalue weighted by Crippen LogP contribution is -2.49. The molecule has 5 heteroatoms. The fraction of sp³-hybridized carbons (Fsp3) is 0.429. The fourth-order valence-electron chi connectivity index (χ4n) is 3.12. The molecule has 4 nitrogen and oxygen atoms in total. The highest BCUT2D eigenvalue weighted by molar-refractivity contribution is 7.12. The second-order valence-electron chi connectivity index (χ2n) is 7.80. The smallest absolute Gasteiger partial charge is 0.253 e. The molecule has 26 heavy (non-hydrogen) atoms. The van der Waals surface area contributed by atoms with Gasteiger partial charge in [0.15, 0.2) is 5.78 Å². The van der Waals surface area contributed by atoms with Gasteiger partial charge in [0.1, 0.15) is 0 Å². The summed E-state index contributed by atoms with van der Waals surface area (Å²) < 4.78 is 0. The van der Waals surface area contributed by atoms with Crippen molar-refractivity contribution in [1.29, 1.82) is 0 Å². The number of carbonyl (C=O) groups is 2. The Hall–Kier alpha value is -1.98. The third-order valence-electron chi connectivity index (χ3n) is 4.82. The zero-order valence-electron chi connectivity index (χ0n) is 15.7. The Labute approximate surface area is 159 Å². The van der Waals surface area contributed by atoms with Crippen molar-refractivity contribution in [2.24, 2.45) is 0 Å². The van der Waals surface area contributed by atoms with Crippen LogP contribution >= 0.6 is 11.3 Å². The monoisotopic (exact) mass is 370 g/mol. The molecule has 0 bridgehead atoms. The maximum atomic E-state index is 12.7. The molecule has 1 fully saturated rings. The minimum atomic E-state index is 0.0784. The Morgan fingerprint density at radius 2 is 1.65 bits per heavy atom. The van der Waals surface area contributed by atoms with Crippen LogP contribution in [0.25, 0.3) is 0 Å². The van der Waals surface area contributed by atoms with Crippen molar-refractivity contribution < 1.29 is 9.59 Å². The van der Waals surface area contributed by atoms with Gasteiger partial charge in [0.2, 0.25) is 0 Å². The number of thiophene rings is 1. The summed E-state index contributed by atoms with van der Waals surface area (Å²) in [7, 11) is 0. The van der Waals surface area contributed by atoms with Crippen molar-refractivity contribution in [2.75, 3.05) is 32.7 Å². The van der Waals surface area contributed by atoms with Gasteiger partial charge in [-0.2, -0.15) is 0 Å². The van der Waals surface area contributed by atoms with Gasteiger partial charge in [0.25, 0.3) is 5.91 Å². The lowest BCUT2D eigenvalue weighted by Gasteiger charge is -2.34. The first-order chi connectivity index (χ1) is 12.3. The molecule has 0 spiro atoms.